The lowest BCUT2D eigenvalue weighted by molar-refractivity contribution is 0.102. The first kappa shape index (κ1) is 24.6. The Bertz CT molecular complexity index is 851. The molecule has 2 aromatic carbocycles. The molecule has 0 aliphatic carbocycles. The largest absolute Gasteiger partial charge is 0.493 e. The molecule has 2 rings (SSSR count). The fourth-order valence-corrected chi connectivity index (χ4v) is 4.20. The second kappa shape index (κ2) is 11.6. The molecule has 0 heterocycles. The van der Waals surface area contributed by atoms with Gasteiger partial charge in [0.2, 0.25) is 0 Å². The molecule has 6 nitrogen and oxygen atoms in total. The maximum absolute atomic E-state index is 11.4. The first-order valence-electron chi connectivity index (χ1n) is 10.5. The van der Waals surface area contributed by atoms with Crippen molar-refractivity contribution >= 4 is 7.82 Å². The van der Waals surface area contributed by atoms with Gasteiger partial charge >= 0.3 is 7.82 Å². The van der Waals surface area contributed by atoms with Gasteiger partial charge in [-0.15, -0.1) is 0 Å². The van der Waals surface area contributed by atoms with Crippen LogP contribution >= 0.6 is 7.82 Å². The minimum absolute atomic E-state index is 0.0476. The predicted octanol–water partition coefficient (Wildman–Crippen LogP) is 4.72. The summed E-state index contributed by atoms with van der Waals surface area (Å²) in [5.41, 5.74) is 4.68. The van der Waals surface area contributed by atoms with Crippen molar-refractivity contribution in [1.29, 1.82) is 0 Å². The summed E-state index contributed by atoms with van der Waals surface area (Å²) < 4.78 is 22.4. The minimum atomic E-state index is -4.61. The van der Waals surface area contributed by atoms with Crippen LogP contribution in [-0.4, -0.2) is 29.7 Å². The van der Waals surface area contributed by atoms with Crippen molar-refractivity contribution in [2.24, 2.45) is 0 Å². The SMILES string of the molecule is CCCOc1ccccc1C(Cc1cc(C)cc(CC)c1)CC(NC)OP(=O)(O)O. The summed E-state index contributed by atoms with van der Waals surface area (Å²) in [4.78, 5) is 18.6. The monoisotopic (exact) mass is 435 g/mol. The van der Waals surface area contributed by atoms with Gasteiger partial charge in [0.05, 0.1) is 6.61 Å². The van der Waals surface area contributed by atoms with E-state index in [1.807, 2.05) is 24.3 Å². The van der Waals surface area contributed by atoms with Crippen molar-refractivity contribution < 1.29 is 23.6 Å². The molecule has 0 aliphatic rings. The molecule has 0 radical (unpaired) electrons. The van der Waals surface area contributed by atoms with Crippen LogP contribution in [0.1, 0.15) is 54.9 Å². The van der Waals surface area contributed by atoms with Gasteiger partial charge in [0.25, 0.3) is 0 Å². The quantitative estimate of drug-likeness (QED) is 0.330. The van der Waals surface area contributed by atoms with E-state index < -0.39 is 14.1 Å². The summed E-state index contributed by atoms with van der Waals surface area (Å²) in [7, 11) is -2.97. The van der Waals surface area contributed by atoms with Crippen LogP contribution < -0.4 is 10.1 Å². The van der Waals surface area contributed by atoms with E-state index in [-0.39, 0.29) is 5.92 Å². The Labute approximate surface area is 179 Å². The van der Waals surface area contributed by atoms with Gasteiger partial charge in [0.1, 0.15) is 12.0 Å². The highest BCUT2D eigenvalue weighted by Gasteiger charge is 2.26. The van der Waals surface area contributed by atoms with E-state index in [1.165, 1.54) is 16.7 Å². The normalized spacial score (nSPS) is 13.8. The van der Waals surface area contributed by atoms with Crippen molar-refractivity contribution in [3.63, 3.8) is 0 Å². The molecule has 0 bridgehead atoms. The van der Waals surface area contributed by atoms with Crippen LogP contribution in [0.5, 0.6) is 5.75 Å². The van der Waals surface area contributed by atoms with E-state index in [9.17, 15) is 14.4 Å². The number of rotatable bonds is 12. The van der Waals surface area contributed by atoms with Crippen molar-refractivity contribution in [3.8, 4) is 5.75 Å². The highest BCUT2D eigenvalue weighted by atomic mass is 31.2. The zero-order valence-corrected chi connectivity index (χ0v) is 19.2. The summed E-state index contributed by atoms with van der Waals surface area (Å²) in [5, 5.41) is 2.89. The molecule has 0 saturated heterocycles. The Morgan fingerprint density at radius 2 is 1.80 bits per heavy atom. The number of hydrogen-bond donors (Lipinski definition) is 3. The first-order chi connectivity index (χ1) is 14.3. The van der Waals surface area contributed by atoms with Crippen molar-refractivity contribution in [1.82, 2.24) is 5.32 Å². The van der Waals surface area contributed by atoms with Crippen molar-refractivity contribution in [2.75, 3.05) is 13.7 Å². The maximum atomic E-state index is 11.4. The third-order valence-electron chi connectivity index (χ3n) is 4.99. The molecule has 2 unspecified atom stereocenters. The fraction of sp³-hybridized carbons (Fsp3) is 0.478. The van der Waals surface area contributed by atoms with Crippen molar-refractivity contribution in [2.45, 2.75) is 58.6 Å². The van der Waals surface area contributed by atoms with E-state index in [2.05, 4.69) is 44.3 Å². The molecule has 166 valence electrons. The highest BCUT2D eigenvalue weighted by molar-refractivity contribution is 7.46. The lowest BCUT2D eigenvalue weighted by atomic mass is 9.87. The molecule has 0 aliphatic heterocycles. The van der Waals surface area contributed by atoms with E-state index in [0.29, 0.717) is 19.4 Å². The second-order valence-corrected chi connectivity index (χ2v) is 8.77. The highest BCUT2D eigenvalue weighted by Crippen LogP contribution is 2.40. The van der Waals surface area contributed by atoms with Crippen LogP contribution in [-0.2, 0) is 21.9 Å². The topological polar surface area (TPSA) is 88.0 Å². The third kappa shape index (κ3) is 7.86. The molecular formula is C23H34NO5P. The first-order valence-corrected chi connectivity index (χ1v) is 12.0. The molecule has 0 fully saturated rings. The average Bonchev–Trinajstić information content (AvgIpc) is 2.70. The van der Waals surface area contributed by atoms with Gasteiger partial charge in [0, 0.05) is 0 Å². The molecule has 0 saturated carbocycles. The predicted molar refractivity (Wildman–Crippen MR) is 120 cm³/mol. The van der Waals surface area contributed by atoms with E-state index in [1.54, 1.807) is 7.05 Å². The Morgan fingerprint density at radius 3 is 2.43 bits per heavy atom. The summed E-state index contributed by atoms with van der Waals surface area (Å²) >= 11 is 0. The molecular weight excluding hydrogens is 401 g/mol. The zero-order valence-electron chi connectivity index (χ0n) is 18.3. The Morgan fingerprint density at radius 1 is 1.10 bits per heavy atom. The number of nitrogens with one attached hydrogen (secondary N) is 1. The van der Waals surface area contributed by atoms with E-state index in [4.69, 9.17) is 9.26 Å². The summed E-state index contributed by atoms with van der Waals surface area (Å²) in [6.45, 7) is 6.89. The van der Waals surface area contributed by atoms with Crippen LogP contribution in [0.15, 0.2) is 42.5 Å². The molecule has 0 spiro atoms. The maximum Gasteiger partial charge on any atom is 0.471 e. The van der Waals surface area contributed by atoms with Gasteiger partial charge < -0.3 is 14.5 Å². The molecule has 30 heavy (non-hydrogen) atoms. The van der Waals surface area contributed by atoms with Gasteiger partial charge in [0.15, 0.2) is 0 Å². The molecule has 7 heteroatoms. The summed E-state index contributed by atoms with van der Waals surface area (Å²) in [6.07, 6.45) is 2.17. The number of ether oxygens (including phenoxy) is 1. The number of phosphoric ester groups is 1. The Kier molecular flexibility index (Phi) is 9.53. The lowest BCUT2D eigenvalue weighted by Crippen LogP contribution is -2.30. The third-order valence-corrected chi connectivity index (χ3v) is 5.52. The van der Waals surface area contributed by atoms with Crippen molar-refractivity contribution in [3.05, 3.63) is 64.7 Å². The van der Waals surface area contributed by atoms with Crippen LogP contribution in [0.4, 0.5) is 0 Å². The standard InChI is InChI=1S/C23H34NO5P/c1-5-11-28-22-10-8-7-9-21(22)20(16-23(24-4)29-30(25,26)27)15-19-13-17(3)12-18(6-2)14-19/h7-10,12-14,20,23-24H,5-6,11,15-16H2,1-4H3,(H2,25,26,27). The summed E-state index contributed by atoms with van der Waals surface area (Å²) in [6, 6.07) is 14.4. The number of benzene rings is 2. The Hall–Kier alpha value is -1.69. The average molecular weight is 436 g/mol. The van der Waals surface area contributed by atoms with Gasteiger partial charge in [-0.3, -0.25) is 9.84 Å². The van der Waals surface area contributed by atoms with Crippen LogP contribution in [0.25, 0.3) is 0 Å². The van der Waals surface area contributed by atoms with E-state index in [0.717, 1.165) is 24.2 Å². The molecule has 0 aromatic heterocycles. The molecule has 3 N–H and O–H groups in total. The fourth-order valence-electron chi connectivity index (χ4n) is 3.67. The summed E-state index contributed by atoms with van der Waals surface area (Å²) in [5.74, 6) is 0.757. The zero-order chi connectivity index (χ0) is 22.1. The number of phosphoric acid groups is 1. The van der Waals surface area contributed by atoms with Gasteiger partial charge in [-0.25, -0.2) is 4.57 Å². The number of hydrogen-bond acceptors (Lipinski definition) is 4. The number of aryl methyl sites for hydroxylation is 2. The van der Waals surface area contributed by atoms with Gasteiger partial charge in [-0.1, -0.05) is 55.8 Å². The molecule has 2 atom stereocenters. The van der Waals surface area contributed by atoms with Crippen LogP contribution in [0, 0.1) is 6.92 Å². The van der Waals surface area contributed by atoms with Crippen LogP contribution in [0.2, 0.25) is 0 Å². The van der Waals surface area contributed by atoms with Crippen LogP contribution in [0.3, 0.4) is 0 Å². The smallest absolute Gasteiger partial charge is 0.471 e. The van der Waals surface area contributed by atoms with Gasteiger partial charge in [-0.2, -0.15) is 0 Å². The Balaban J connectivity index is 2.40. The lowest BCUT2D eigenvalue weighted by Gasteiger charge is -2.26. The van der Waals surface area contributed by atoms with Gasteiger partial charge in [-0.05, 0) is 68.3 Å². The minimum Gasteiger partial charge on any atom is -0.493 e. The second-order valence-electron chi connectivity index (χ2n) is 7.58. The van der Waals surface area contributed by atoms with E-state index >= 15 is 0 Å². The number of para-hydroxylation sites is 1. The molecule has 2 aromatic rings. The molecule has 0 amide bonds.